The summed E-state index contributed by atoms with van der Waals surface area (Å²) in [6.45, 7) is 0. The van der Waals surface area contributed by atoms with Gasteiger partial charge in [-0.1, -0.05) is 164 Å². The fourth-order valence-corrected chi connectivity index (χ4v) is 22.2. The lowest BCUT2D eigenvalue weighted by Crippen LogP contribution is -2.16. The molecule has 0 N–H and O–H groups in total. The van der Waals surface area contributed by atoms with E-state index < -0.39 is 38.7 Å². The molecule has 0 saturated heterocycles. The Bertz CT molecular complexity index is 2220. The molecule has 8 heteroatoms. The van der Waals surface area contributed by atoms with Crippen LogP contribution in [0.2, 0.25) is 0 Å². The Labute approximate surface area is 370 Å². The molecular weight excluding hydrogens is 840 g/mol. The van der Waals surface area contributed by atoms with Gasteiger partial charge in [-0.25, -0.2) is 16.5 Å². The minimum atomic E-state index is -4.96. The number of rotatable bonds is 15. The van der Waals surface area contributed by atoms with E-state index >= 15 is 4.57 Å². The van der Waals surface area contributed by atoms with E-state index in [1.807, 2.05) is 164 Å². The van der Waals surface area contributed by atoms with Crippen molar-refractivity contribution < 1.29 is 16.5 Å². The van der Waals surface area contributed by atoms with Gasteiger partial charge in [-0.2, -0.15) is 0 Å². The first kappa shape index (κ1) is 41.5. The zero-order valence-corrected chi connectivity index (χ0v) is 37.1. The van der Waals surface area contributed by atoms with Gasteiger partial charge in [0, 0.05) is 44.1 Å². The Hall–Kier alpha value is -5.86. The molecule has 0 aromatic heterocycles. The topological polar surface area (TPSA) is 44.8 Å². The minimum absolute atomic E-state index is 0.837. The van der Waals surface area contributed by atoms with E-state index in [1.165, 1.54) is 0 Å². The average Bonchev–Trinajstić information content (AvgIpc) is 3.37. The predicted molar refractivity (Wildman–Crippen MR) is 256 cm³/mol. The number of hydrogen-bond acceptors (Lipinski definition) is 4. The van der Waals surface area contributed by atoms with Gasteiger partial charge < -0.3 is 0 Å². The third-order valence-corrected chi connectivity index (χ3v) is 23.6. The summed E-state index contributed by atoms with van der Waals surface area (Å²) >= 11 is 0. The van der Waals surface area contributed by atoms with Crippen molar-refractivity contribution in [2.45, 2.75) is 44.1 Å². The molecule has 0 atom stereocenters. The molecule has 0 fully saturated rings. The van der Waals surface area contributed by atoms with E-state index in [0.29, 0.717) is 0 Å². The molecule has 308 valence electrons. The van der Waals surface area contributed by atoms with Crippen molar-refractivity contribution in [3.8, 4) is 0 Å². The van der Waals surface area contributed by atoms with Crippen molar-refractivity contribution in [1.29, 1.82) is 0 Å². The van der Waals surface area contributed by atoms with Crippen LogP contribution in [0, 0.1) is 0 Å². The van der Waals surface area contributed by atoms with Gasteiger partial charge in [-0.3, -0.25) is 0 Å². The molecule has 0 bridgehead atoms. The molecule has 9 rings (SSSR count). The van der Waals surface area contributed by atoms with Crippen LogP contribution in [0.1, 0.15) is 0 Å². The molecule has 9 aromatic carbocycles. The zero-order chi connectivity index (χ0) is 42.1. The van der Waals surface area contributed by atoms with Crippen LogP contribution in [0.4, 0.5) is 0 Å². The maximum absolute atomic E-state index is 17.8. The Balaban J connectivity index is 1.42. The Morgan fingerprint density at radius 3 is 0.435 bits per heavy atom. The lowest BCUT2D eigenvalue weighted by Gasteiger charge is -2.49. The predicted octanol–water partition coefficient (Wildman–Crippen LogP) is 16.8. The van der Waals surface area contributed by atoms with E-state index in [9.17, 15) is 0 Å². The largest absolute Gasteiger partial charge is 0.506 e. The molecule has 0 spiro atoms. The van der Waals surface area contributed by atoms with Crippen LogP contribution in [0.5, 0.6) is 0 Å². The zero-order valence-electron chi connectivity index (χ0n) is 33.8. The summed E-state index contributed by atoms with van der Waals surface area (Å²) in [7, 11) is -13.7. The molecule has 9 aromatic rings. The molecule has 0 aliphatic rings. The fraction of sp³-hybridized carbons (Fsp3) is 0. The number of benzene rings is 9. The van der Waals surface area contributed by atoms with Crippen LogP contribution in [0.25, 0.3) is 0 Å². The molecule has 0 unspecified atom stereocenters. The normalized spacial score (nSPS) is 12.9. The minimum Gasteiger partial charge on any atom is -0.225 e. The van der Waals surface area contributed by atoms with Gasteiger partial charge in [0.05, 0.1) is 0 Å². The third kappa shape index (κ3) is 8.01. The van der Waals surface area contributed by atoms with Gasteiger partial charge >= 0.3 is 7.82 Å². The van der Waals surface area contributed by atoms with E-state index in [2.05, 4.69) is 109 Å². The summed E-state index contributed by atoms with van der Waals surface area (Å²) in [5, 5.41) is 0. The number of hydrogen-bond donors (Lipinski definition) is 0. The second-order valence-corrected chi connectivity index (χ2v) is 24.4. The van der Waals surface area contributed by atoms with Crippen LogP contribution in [0.3, 0.4) is 0 Å². The summed E-state index contributed by atoms with van der Waals surface area (Å²) in [5.74, 6) is 0. The van der Waals surface area contributed by atoms with E-state index in [1.54, 1.807) is 0 Å². The van der Waals surface area contributed by atoms with Crippen molar-refractivity contribution in [3.05, 3.63) is 273 Å². The van der Waals surface area contributed by atoms with Crippen molar-refractivity contribution >= 4 is 38.7 Å². The van der Waals surface area contributed by atoms with E-state index in [0.717, 1.165) is 44.1 Å². The second-order valence-electron chi connectivity index (χ2n) is 14.2. The Kier molecular flexibility index (Phi) is 12.5. The van der Waals surface area contributed by atoms with E-state index in [4.69, 9.17) is 11.9 Å². The van der Waals surface area contributed by atoms with Gasteiger partial charge in [0.25, 0.3) is 0 Å². The summed E-state index contributed by atoms with van der Waals surface area (Å²) in [5.41, 5.74) is 0. The van der Waals surface area contributed by atoms with Crippen molar-refractivity contribution in [2.24, 2.45) is 0 Å². The van der Waals surface area contributed by atoms with Gasteiger partial charge in [-0.05, 0) is 140 Å². The first-order valence-corrected chi connectivity index (χ1v) is 26.4. The number of phosphoric acid groups is 1. The molecule has 0 aliphatic heterocycles. The monoisotopic (exact) mass is 884 g/mol. The van der Waals surface area contributed by atoms with E-state index in [-0.39, 0.29) is 0 Å². The molecule has 0 radical (unpaired) electrons. The van der Waals surface area contributed by atoms with Gasteiger partial charge in [0.1, 0.15) is 0 Å². The van der Waals surface area contributed by atoms with Crippen LogP contribution in [-0.2, 0) is 16.5 Å². The van der Waals surface area contributed by atoms with Crippen LogP contribution in [0.15, 0.2) is 317 Å². The molecule has 62 heavy (non-hydrogen) atoms. The molecule has 0 amide bonds. The maximum Gasteiger partial charge on any atom is 0.506 e. The standard InChI is InChI=1S/C54H45O4PS3/c55-59(56-60(46-28-10-1-11-29-46,47-30-12-2-13-31-47)48-32-14-3-15-33-48,57-61(49-34-16-4-17-35-49,50-36-18-5-19-37-50)51-38-20-6-21-39-51)58-62(52-40-22-7-23-41-52,53-42-24-8-25-43-53)54-44-26-9-27-45-54/h1-45H. The smallest absolute Gasteiger partial charge is 0.225 e. The lowest BCUT2D eigenvalue weighted by atomic mass is 10.4. The summed E-state index contributed by atoms with van der Waals surface area (Å²) in [6, 6.07) is 90.8. The van der Waals surface area contributed by atoms with Crippen LogP contribution >= 0.6 is 38.7 Å². The second kappa shape index (κ2) is 18.6. The summed E-state index contributed by atoms with van der Waals surface area (Å²) in [4.78, 5) is 7.54. The maximum atomic E-state index is 17.8. The van der Waals surface area contributed by atoms with Gasteiger partial charge in [-0.15, -0.1) is 0 Å². The Morgan fingerprint density at radius 2 is 0.323 bits per heavy atom. The molecule has 0 heterocycles. The summed E-state index contributed by atoms with van der Waals surface area (Å²) in [6.07, 6.45) is 0. The SMILES string of the molecule is O=P(OS(c1ccccc1)(c1ccccc1)c1ccccc1)(OS(c1ccccc1)(c1ccccc1)c1ccccc1)OS(c1ccccc1)(c1ccccc1)c1ccccc1. The molecule has 4 nitrogen and oxygen atoms in total. The first-order chi connectivity index (χ1) is 30.6. The van der Waals surface area contributed by atoms with Crippen molar-refractivity contribution in [2.75, 3.05) is 0 Å². The lowest BCUT2D eigenvalue weighted by molar-refractivity contribution is 0.333. The molecule has 0 aliphatic carbocycles. The van der Waals surface area contributed by atoms with Crippen LogP contribution in [-0.4, -0.2) is 0 Å². The fourth-order valence-electron chi connectivity index (χ4n) is 7.57. The van der Waals surface area contributed by atoms with Gasteiger partial charge in [0.15, 0.2) is 0 Å². The molecular formula is C54H45O4PS3. The quantitative estimate of drug-likeness (QED) is 0.0962. The van der Waals surface area contributed by atoms with Crippen LogP contribution < -0.4 is 0 Å². The van der Waals surface area contributed by atoms with Gasteiger partial charge in [0.2, 0.25) is 0 Å². The summed E-state index contributed by atoms with van der Waals surface area (Å²) < 4.78 is 41.4. The average molecular weight is 885 g/mol. The molecule has 0 saturated carbocycles. The highest BCUT2D eigenvalue weighted by molar-refractivity contribution is 8.35. The Morgan fingerprint density at radius 1 is 0.210 bits per heavy atom. The van der Waals surface area contributed by atoms with Crippen molar-refractivity contribution in [3.63, 3.8) is 0 Å². The highest BCUT2D eigenvalue weighted by Gasteiger charge is 2.52. The highest BCUT2D eigenvalue weighted by Crippen LogP contribution is 2.88. The first-order valence-electron chi connectivity index (χ1n) is 20.3. The third-order valence-electron chi connectivity index (χ3n) is 10.3. The van der Waals surface area contributed by atoms with Crippen molar-refractivity contribution in [1.82, 2.24) is 0 Å². The highest BCUT2D eigenvalue weighted by atomic mass is 32.3.